The Kier molecular flexibility index (Phi) is 5.21. The molecule has 0 atom stereocenters. The molecule has 0 saturated heterocycles. The smallest absolute Gasteiger partial charge is 0.234 e. The molecule has 7 heteroatoms. The van der Waals surface area contributed by atoms with Crippen LogP contribution in [0.5, 0.6) is 0 Å². The summed E-state index contributed by atoms with van der Waals surface area (Å²) in [5.74, 6) is -1.10. The molecule has 1 aromatic carbocycles. The van der Waals surface area contributed by atoms with Crippen LogP contribution in [0, 0.1) is 0 Å². The van der Waals surface area contributed by atoms with Gasteiger partial charge in [-0.2, -0.15) is 4.99 Å². The van der Waals surface area contributed by atoms with Crippen molar-refractivity contribution in [3.8, 4) is 0 Å². The Balaban J connectivity index is 2.66. The van der Waals surface area contributed by atoms with Gasteiger partial charge in [0.1, 0.15) is 5.78 Å². The third kappa shape index (κ3) is 5.97. The number of hydrogen-bond donors (Lipinski definition) is 3. The Morgan fingerprint density at radius 1 is 1.21 bits per heavy atom. The second-order valence-electron chi connectivity index (χ2n) is 3.73. The summed E-state index contributed by atoms with van der Waals surface area (Å²) < 4.78 is 0. The summed E-state index contributed by atoms with van der Waals surface area (Å²) in [6, 6.07) is 8.93. The number of amides is 1. The van der Waals surface area contributed by atoms with E-state index in [0.717, 1.165) is 0 Å². The lowest BCUT2D eigenvalue weighted by molar-refractivity contribution is -0.126. The van der Waals surface area contributed by atoms with Gasteiger partial charge in [0.15, 0.2) is 0 Å². The quantitative estimate of drug-likeness (QED) is 0.404. The second kappa shape index (κ2) is 6.90. The van der Waals surface area contributed by atoms with Crippen molar-refractivity contribution < 1.29 is 9.59 Å². The lowest BCUT2D eigenvalue weighted by Gasteiger charge is -2.02. The maximum absolute atomic E-state index is 11.2. The molecule has 0 aliphatic carbocycles. The van der Waals surface area contributed by atoms with Crippen molar-refractivity contribution in [3.63, 3.8) is 0 Å². The van der Waals surface area contributed by atoms with Crippen molar-refractivity contribution >= 4 is 29.3 Å². The number of hydrogen-bond acceptors (Lipinski definition) is 3. The fourth-order valence-corrected chi connectivity index (χ4v) is 1.22. The van der Waals surface area contributed by atoms with Crippen molar-refractivity contribution in [2.24, 2.45) is 21.5 Å². The molecule has 1 amide bonds. The van der Waals surface area contributed by atoms with Gasteiger partial charge in [0.05, 0.1) is 12.1 Å². The number of benzene rings is 1. The van der Waals surface area contributed by atoms with Gasteiger partial charge in [0, 0.05) is 0 Å². The zero-order valence-corrected chi connectivity index (χ0v) is 10.5. The lowest BCUT2D eigenvalue weighted by Crippen LogP contribution is -2.38. The van der Waals surface area contributed by atoms with E-state index < -0.39 is 5.91 Å². The van der Waals surface area contributed by atoms with Crippen LogP contribution >= 0.6 is 0 Å². The van der Waals surface area contributed by atoms with E-state index in [1.54, 1.807) is 24.3 Å². The van der Waals surface area contributed by atoms with Crippen molar-refractivity contribution in [1.29, 1.82) is 0 Å². The number of nitrogens with one attached hydrogen (secondary N) is 1. The van der Waals surface area contributed by atoms with Crippen LogP contribution in [0.25, 0.3) is 0 Å². The van der Waals surface area contributed by atoms with Crippen LogP contribution in [0.3, 0.4) is 0 Å². The summed E-state index contributed by atoms with van der Waals surface area (Å²) in [6.45, 7) is 1.30. The highest BCUT2D eigenvalue weighted by Crippen LogP contribution is 2.09. The standard InChI is InChI=1S/C12H15N5O2/c1-8(18)7-10(19)16-12(14)17-11(13)15-9-5-3-2-4-6-9/h2-6H,7H2,1H3,(H5,13,14,15,16,17,19). The second-order valence-corrected chi connectivity index (χ2v) is 3.73. The summed E-state index contributed by atoms with van der Waals surface area (Å²) >= 11 is 0. The Bertz CT molecular complexity index is 522. The number of rotatable bonds is 3. The molecule has 0 aliphatic rings. The molecular weight excluding hydrogens is 246 g/mol. The average Bonchev–Trinajstić information content (AvgIpc) is 2.28. The minimum absolute atomic E-state index is 0.0909. The molecule has 0 aliphatic heterocycles. The zero-order chi connectivity index (χ0) is 14.3. The molecule has 7 nitrogen and oxygen atoms in total. The first kappa shape index (κ1) is 14.4. The highest BCUT2D eigenvalue weighted by Gasteiger charge is 2.06. The molecule has 0 heterocycles. The predicted molar refractivity (Wildman–Crippen MR) is 72.8 cm³/mol. The van der Waals surface area contributed by atoms with Crippen LogP contribution in [0.4, 0.5) is 5.69 Å². The Hall–Kier alpha value is -2.70. The van der Waals surface area contributed by atoms with E-state index >= 15 is 0 Å². The SMILES string of the molecule is CC(=O)CC(=O)N/C(N)=N/C(N)=Nc1ccccc1. The molecular formula is C12H15N5O2. The number of nitrogens with zero attached hydrogens (tertiary/aromatic N) is 2. The van der Waals surface area contributed by atoms with Crippen LogP contribution in [-0.2, 0) is 9.59 Å². The maximum Gasteiger partial charge on any atom is 0.234 e. The summed E-state index contributed by atoms with van der Waals surface area (Å²) in [4.78, 5) is 29.6. The molecule has 0 radical (unpaired) electrons. The maximum atomic E-state index is 11.2. The third-order valence-corrected chi connectivity index (χ3v) is 1.91. The highest BCUT2D eigenvalue weighted by atomic mass is 16.2. The van der Waals surface area contributed by atoms with Gasteiger partial charge in [0.25, 0.3) is 0 Å². The van der Waals surface area contributed by atoms with Crippen molar-refractivity contribution in [3.05, 3.63) is 30.3 Å². The number of guanidine groups is 2. The number of carbonyl (C=O) groups excluding carboxylic acids is 2. The van der Waals surface area contributed by atoms with Gasteiger partial charge >= 0.3 is 0 Å². The van der Waals surface area contributed by atoms with Crippen LogP contribution in [0.2, 0.25) is 0 Å². The van der Waals surface area contributed by atoms with Crippen LogP contribution in [0.1, 0.15) is 13.3 Å². The molecule has 100 valence electrons. The molecule has 0 fully saturated rings. The van der Waals surface area contributed by atoms with Crippen LogP contribution < -0.4 is 16.8 Å². The van der Waals surface area contributed by atoms with Gasteiger partial charge in [-0.3, -0.25) is 14.9 Å². The van der Waals surface area contributed by atoms with E-state index in [0.29, 0.717) is 5.69 Å². The average molecular weight is 261 g/mol. The summed E-state index contributed by atoms with van der Waals surface area (Å²) in [5.41, 5.74) is 11.6. The molecule has 0 unspecified atom stereocenters. The fourth-order valence-electron chi connectivity index (χ4n) is 1.22. The first-order chi connectivity index (χ1) is 8.97. The number of ketones is 1. The number of para-hydroxylation sites is 1. The van der Waals surface area contributed by atoms with E-state index in [9.17, 15) is 9.59 Å². The number of nitrogens with two attached hydrogens (primary N) is 2. The Morgan fingerprint density at radius 2 is 1.84 bits per heavy atom. The molecule has 0 saturated carbocycles. The molecule has 0 aromatic heterocycles. The zero-order valence-electron chi connectivity index (χ0n) is 10.5. The molecule has 0 bridgehead atoms. The van der Waals surface area contributed by atoms with Gasteiger partial charge in [-0.1, -0.05) is 18.2 Å². The van der Waals surface area contributed by atoms with Gasteiger partial charge in [-0.25, -0.2) is 4.99 Å². The summed E-state index contributed by atoms with van der Waals surface area (Å²) in [7, 11) is 0. The topological polar surface area (TPSA) is 123 Å². The lowest BCUT2D eigenvalue weighted by atomic mass is 10.3. The monoisotopic (exact) mass is 261 g/mol. The largest absolute Gasteiger partial charge is 0.369 e. The van der Waals surface area contributed by atoms with Crippen molar-refractivity contribution in [2.75, 3.05) is 0 Å². The van der Waals surface area contributed by atoms with Gasteiger partial charge < -0.3 is 11.5 Å². The number of aliphatic imine (C=N–C) groups is 2. The molecule has 0 spiro atoms. The van der Waals surface area contributed by atoms with Crippen LogP contribution in [-0.4, -0.2) is 23.6 Å². The summed E-state index contributed by atoms with van der Waals surface area (Å²) in [6.07, 6.45) is -0.258. The minimum Gasteiger partial charge on any atom is -0.369 e. The molecule has 1 aromatic rings. The summed E-state index contributed by atoms with van der Waals surface area (Å²) in [5, 5.41) is 2.24. The molecule has 5 N–H and O–H groups in total. The minimum atomic E-state index is -0.540. The van der Waals surface area contributed by atoms with E-state index in [4.69, 9.17) is 11.5 Å². The number of carbonyl (C=O) groups is 2. The van der Waals surface area contributed by atoms with E-state index in [1.165, 1.54) is 6.92 Å². The predicted octanol–water partition coefficient (Wildman–Crippen LogP) is 0.0428. The van der Waals surface area contributed by atoms with Crippen molar-refractivity contribution in [2.45, 2.75) is 13.3 Å². The van der Waals surface area contributed by atoms with Gasteiger partial charge in [-0.05, 0) is 19.1 Å². The van der Waals surface area contributed by atoms with E-state index in [1.807, 2.05) is 6.07 Å². The first-order valence-electron chi connectivity index (χ1n) is 5.50. The van der Waals surface area contributed by atoms with E-state index in [2.05, 4.69) is 15.3 Å². The fraction of sp³-hybridized carbons (Fsp3) is 0.167. The molecule has 19 heavy (non-hydrogen) atoms. The van der Waals surface area contributed by atoms with Gasteiger partial charge in [-0.15, -0.1) is 0 Å². The normalized spacial score (nSPS) is 12.1. The van der Waals surface area contributed by atoms with E-state index in [-0.39, 0.29) is 24.1 Å². The number of Topliss-reactive ketones (excluding diaryl/α,β-unsaturated/α-hetero) is 1. The Labute approximate surface area is 110 Å². The van der Waals surface area contributed by atoms with Crippen molar-refractivity contribution in [1.82, 2.24) is 5.32 Å². The third-order valence-electron chi connectivity index (χ3n) is 1.91. The molecule has 1 rings (SSSR count). The van der Waals surface area contributed by atoms with Crippen LogP contribution in [0.15, 0.2) is 40.3 Å². The highest BCUT2D eigenvalue weighted by molar-refractivity contribution is 6.06. The van der Waals surface area contributed by atoms with Gasteiger partial charge in [0.2, 0.25) is 17.8 Å². The Morgan fingerprint density at radius 3 is 2.42 bits per heavy atom. The first-order valence-corrected chi connectivity index (χ1v) is 5.50.